The van der Waals surface area contributed by atoms with Crippen LogP contribution in [0.4, 0.5) is 17.1 Å². The van der Waals surface area contributed by atoms with Crippen LogP contribution in [0, 0.1) is 20.8 Å². The van der Waals surface area contributed by atoms with Gasteiger partial charge < -0.3 is 15.4 Å². The van der Waals surface area contributed by atoms with Crippen LogP contribution in [-0.2, 0) is 9.53 Å². The van der Waals surface area contributed by atoms with Crippen LogP contribution in [0.2, 0.25) is 0 Å². The zero-order chi connectivity index (χ0) is 20.8. The number of benzene rings is 3. The molecule has 0 heterocycles. The fraction of sp³-hybridized carbons (Fsp3) is 0.167. The third-order valence-electron chi connectivity index (χ3n) is 4.77. The van der Waals surface area contributed by atoms with Crippen LogP contribution in [0.15, 0.2) is 66.7 Å². The van der Waals surface area contributed by atoms with Crippen LogP contribution in [0.25, 0.3) is 0 Å². The fourth-order valence-electron chi connectivity index (χ4n) is 2.91. The van der Waals surface area contributed by atoms with Crippen LogP contribution in [0.1, 0.15) is 27.0 Å². The molecule has 0 radical (unpaired) electrons. The number of carbonyl (C=O) groups excluding carboxylic acids is 2. The Labute approximate surface area is 170 Å². The van der Waals surface area contributed by atoms with Gasteiger partial charge in [0.05, 0.1) is 11.3 Å². The van der Waals surface area contributed by atoms with Gasteiger partial charge in [-0.2, -0.15) is 0 Å². The molecule has 2 N–H and O–H groups in total. The predicted octanol–water partition coefficient (Wildman–Crippen LogP) is 5.15. The maximum Gasteiger partial charge on any atom is 0.340 e. The number of ether oxygens (including phenoxy) is 1. The van der Waals surface area contributed by atoms with Gasteiger partial charge in [-0.15, -0.1) is 0 Å². The number of amides is 1. The summed E-state index contributed by atoms with van der Waals surface area (Å²) in [6, 6.07) is 20.5. The van der Waals surface area contributed by atoms with E-state index in [0.29, 0.717) is 16.9 Å². The topological polar surface area (TPSA) is 67.4 Å². The zero-order valence-electron chi connectivity index (χ0n) is 16.8. The van der Waals surface area contributed by atoms with Crippen LogP contribution < -0.4 is 10.6 Å². The van der Waals surface area contributed by atoms with Gasteiger partial charge in [0.1, 0.15) is 0 Å². The Hall–Kier alpha value is -3.60. The Morgan fingerprint density at radius 1 is 0.759 bits per heavy atom. The standard InChI is InChI=1S/C24H24N2O3/c1-16-10-8-14-21(18(16)3)25-22-13-7-5-11-19(22)24(28)29-15-23(27)26-20-12-6-4-9-17(20)2/h4-14,25H,15H2,1-3H3,(H,26,27). The lowest BCUT2D eigenvalue weighted by Gasteiger charge is -2.14. The van der Waals surface area contributed by atoms with Crippen molar-refractivity contribution in [1.82, 2.24) is 0 Å². The Balaban J connectivity index is 1.68. The third-order valence-corrected chi connectivity index (χ3v) is 4.77. The molecule has 3 aromatic rings. The number of aryl methyl sites for hydroxylation is 2. The van der Waals surface area contributed by atoms with Crippen LogP contribution in [-0.4, -0.2) is 18.5 Å². The molecule has 0 fully saturated rings. The number of hydrogen-bond donors (Lipinski definition) is 2. The molecule has 148 valence electrons. The highest BCUT2D eigenvalue weighted by molar-refractivity contribution is 5.99. The number of rotatable bonds is 6. The van der Waals surface area contributed by atoms with Gasteiger partial charge in [-0.25, -0.2) is 4.79 Å². The van der Waals surface area contributed by atoms with Gasteiger partial charge >= 0.3 is 5.97 Å². The second-order valence-electron chi connectivity index (χ2n) is 6.86. The van der Waals surface area contributed by atoms with Crippen molar-refractivity contribution in [3.63, 3.8) is 0 Å². The van der Waals surface area contributed by atoms with E-state index in [4.69, 9.17) is 4.74 Å². The first-order valence-electron chi connectivity index (χ1n) is 9.40. The van der Waals surface area contributed by atoms with Crippen molar-refractivity contribution in [1.29, 1.82) is 0 Å². The number of anilines is 3. The molecule has 0 bridgehead atoms. The van der Waals surface area contributed by atoms with Crippen molar-refractivity contribution in [2.45, 2.75) is 20.8 Å². The smallest absolute Gasteiger partial charge is 0.340 e. The zero-order valence-corrected chi connectivity index (χ0v) is 16.8. The average molecular weight is 388 g/mol. The number of para-hydroxylation sites is 2. The molecule has 0 aliphatic rings. The second-order valence-corrected chi connectivity index (χ2v) is 6.86. The van der Waals surface area contributed by atoms with E-state index in [9.17, 15) is 9.59 Å². The van der Waals surface area contributed by atoms with Gasteiger partial charge in [0, 0.05) is 11.4 Å². The van der Waals surface area contributed by atoms with Gasteiger partial charge in [0.15, 0.2) is 6.61 Å². The summed E-state index contributed by atoms with van der Waals surface area (Å²) < 4.78 is 5.24. The summed E-state index contributed by atoms with van der Waals surface area (Å²) in [5.74, 6) is -0.939. The quantitative estimate of drug-likeness (QED) is 0.573. The summed E-state index contributed by atoms with van der Waals surface area (Å²) in [7, 11) is 0. The van der Waals surface area contributed by atoms with E-state index >= 15 is 0 Å². The van der Waals surface area contributed by atoms with Crippen LogP contribution in [0.3, 0.4) is 0 Å². The lowest BCUT2D eigenvalue weighted by Crippen LogP contribution is -2.21. The van der Waals surface area contributed by atoms with Crippen molar-refractivity contribution in [3.8, 4) is 0 Å². The van der Waals surface area contributed by atoms with Crippen molar-refractivity contribution >= 4 is 28.9 Å². The molecular weight excluding hydrogens is 364 g/mol. The van der Waals surface area contributed by atoms with Gasteiger partial charge in [-0.3, -0.25) is 4.79 Å². The first-order valence-corrected chi connectivity index (χ1v) is 9.40. The van der Waals surface area contributed by atoms with E-state index in [2.05, 4.69) is 10.6 Å². The SMILES string of the molecule is Cc1ccccc1NC(=O)COC(=O)c1ccccc1Nc1cccc(C)c1C. The van der Waals surface area contributed by atoms with Crippen LogP contribution in [0.5, 0.6) is 0 Å². The van der Waals surface area contributed by atoms with E-state index < -0.39 is 5.97 Å². The predicted molar refractivity (Wildman–Crippen MR) is 116 cm³/mol. The van der Waals surface area contributed by atoms with Crippen molar-refractivity contribution in [2.75, 3.05) is 17.2 Å². The lowest BCUT2D eigenvalue weighted by atomic mass is 10.1. The molecule has 0 aromatic heterocycles. The molecule has 29 heavy (non-hydrogen) atoms. The molecule has 0 aliphatic carbocycles. The normalized spacial score (nSPS) is 10.3. The average Bonchev–Trinajstić information content (AvgIpc) is 2.72. The first-order chi connectivity index (χ1) is 14.0. The molecular formula is C24H24N2O3. The molecule has 0 unspecified atom stereocenters. The Morgan fingerprint density at radius 3 is 2.14 bits per heavy atom. The lowest BCUT2D eigenvalue weighted by molar-refractivity contribution is -0.119. The Kier molecular flexibility index (Phi) is 6.29. The van der Waals surface area contributed by atoms with E-state index in [0.717, 1.165) is 22.4 Å². The van der Waals surface area contributed by atoms with Gasteiger partial charge in [0.2, 0.25) is 0 Å². The fourth-order valence-corrected chi connectivity index (χ4v) is 2.91. The molecule has 3 aromatic carbocycles. The summed E-state index contributed by atoms with van der Waals surface area (Å²) in [5.41, 5.74) is 5.82. The molecule has 3 rings (SSSR count). The summed E-state index contributed by atoms with van der Waals surface area (Å²) in [6.07, 6.45) is 0. The molecule has 1 amide bonds. The minimum atomic E-state index is -0.557. The van der Waals surface area contributed by atoms with E-state index in [1.165, 1.54) is 0 Å². The highest BCUT2D eigenvalue weighted by Crippen LogP contribution is 2.25. The molecule has 5 heteroatoms. The van der Waals surface area contributed by atoms with Crippen LogP contribution >= 0.6 is 0 Å². The van der Waals surface area contributed by atoms with Crippen molar-refractivity contribution in [2.24, 2.45) is 0 Å². The molecule has 0 atom stereocenters. The highest BCUT2D eigenvalue weighted by atomic mass is 16.5. The number of nitrogens with one attached hydrogen (secondary N) is 2. The Morgan fingerprint density at radius 2 is 1.38 bits per heavy atom. The van der Waals surface area contributed by atoms with E-state index in [1.807, 2.05) is 69.3 Å². The van der Waals surface area contributed by atoms with Gasteiger partial charge in [-0.05, 0) is 61.7 Å². The molecule has 0 saturated carbocycles. The maximum atomic E-state index is 12.6. The molecule has 0 aliphatic heterocycles. The number of carbonyl (C=O) groups is 2. The first kappa shape index (κ1) is 20.1. The number of esters is 1. The van der Waals surface area contributed by atoms with Crippen molar-refractivity contribution < 1.29 is 14.3 Å². The third kappa shape index (κ3) is 5.02. The largest absolute Gasteiger partial charge is 0.452 e. The van der Waals surface area contributed by atoms with E-state index in [1.54, 1.807) is 18.2 Å². The summed E-state index contributed by atoms with van der Waals surface area (Å²) in [5, 5.41) is 6.05. The molecule has 0 spiro atoms. The Bertz CT molecular complexity index is 1040. The highest BCUT2D eigenvalue weighted by Gasteiger charge is 2.15. The van der Waals surface area contributed by atoms with Gasteiger partial charge in [0.25, 0.3) is 5.91 Å². The summed E-state index contributed by atoms with van der Waals surface area (Å²) in [6.45, 7) is 5.60. The summed E-state index contributed by atoms with van der Waals surface area (Å²) >= 11 is 0. The number of hydrogen-bond acceptors (Lipinski definition) is 4. The summed E-state index contributed by atoms with van der Waals surface area (Å²) in [4.78, 5) is 24.7. The monoisotopic (exact) mass is 388 g/mol. The van der Waals surface area contributed by atoms with Gasteiger partial charge in [-0.1, -0.05) is 42.5 Å². The van der Waals surface area contributed by atoms with Crippen molar-refractivity contribution in [3.05, 3.63) is 89.0 Å². The molecule has 0 saturated heterocycles. The second kappa shape index (κ2) is 9.06. The minimum absolute atomic E-state index is 0.356. The van der Waals surface area contributed by atoms with E-state index in [-0.39, 0.29) is 12.5 Å². The maximum absolute atomic E-state index is 12.6. The molecule has 5 nitrogen and oxygen atoms in total. The minimum Gasteiger partial charge on any atom is -0.452 e.